The summed E-state index contributed by atoms with van der Waals surface area (Å²) in [5, 5.41) is 13.9. The van der Waals surface area contributed by atoms with Gasteiger partial charge in [-0.05, 0) is 22.0 Å². The summed E-state index contributed by atoms with van der Waals surface area (Å²) in [6.07, 6.45) is 5.89. The molecule has 21 heavy (non-hydrogen) atoms. The van der Waals surface area contributed by atoms with E-state index in [0.29, 0.717) is 16.8 Å². The molecule has 0 aliphatic heterocycles. The van der Waals surface area contributed by atoms with Crippen LogP contribution in [0.2, 0.25) is 0 Å². The summed E-state index contributed by atoms with van der Waals surface area (Å²) in [4.78, 5) is 19.4. The lowest BCUT2D eigenvalue weighted by atomic mass is 10.2. The van der Waals surface area contributed by atoms with Crippen molar-refractivity contribution in [2.75, 3.05) is 0 Å². The van der Waals surface area contributed by atoms with Crippen LogP contribution in [0, 0.1) is 0 Å². The Morgan fingerprint density at radius 3 is 2.86 bits per heavy atom. The van der Waals surface area contributed by atoms with Crippen molar-refractivity contribution in [2.24, 2.45) is 7.05 Å². The Bertz CT molecular complexity index is 847. The highest BCUT2D eigenvalue weighted by molar-refractivity contribution is 9.10. The van der Waals surface area contributed by atoms with Gasteiger partial charge < -0.3 is 9.84 Å². The summed E-state index contributed by atoms with van der Waals surface area (Å²) >= 11 is 3.29. The molecule has 7 nitrogen and oxygen atoms in total. The highest BCUT2D eigenvalue weighted by Crippen LogP contribution is 2.32. The van der Waals surface area contributed by atoms with Gasteiger partial charge in [-0.25, -0.2) is 9.78 Å². The van der Waals surface area contributed by atoms with Gasteiger partial charge in [0.2, 0.25) is 0 Å². The second-order valence-corrected chi connectivity index (χ2v) is 5.17. The number of nitrogens with zero attached hydrogens (tertiary/aromatic N) is 4. The van der Waals surface area contributed by atoms with E-state index in [9.17, 15) is 9.90 Å². The summed E-state index contributed by atoms with van der Waals surface area (Å²) in [5.41, 5.74) is 0.508. The monoisotopic (exact) mass is 348 g/mol. The molecule has 0 fully saturated rings. The van der Waals surface area contributed by atoms with Crippen LogP contribution in [0.25, 0.3) is 11.0 Å². The molecule has 3 heterocycles. The van der Waals surface area contributed by atoms with Crippen molar-refractivity contribution >= 4 is 32.9 Å². The van der Waals surface area contributed by atoms with Crippen LogP contribution in [0.4, 0.5) is 0 Å². The maximum absolute atomic E-state index is 11.4. The number of rotatable bonds is 3. The Balaban J connectivity index is 2.18. The van der Waals surface area contributed by atoms with Gasteiger partial charge in [0.1, 0.15) is 11.3 Å². The molecule has 0 bridgehead atoms. The minimum Gasteiger partial charge on any atom is -0.477 e. The van der Waals surface area contributed by atoms with Gasteiger partial charge in [-0.3, -0.25) is 9.67 Å². The van der Waals surface area contributed by atoms with E-state index < -0.39 is 5.97 Å². The second-order valence-electron chi connectivity index (χ2n) is 4.25. The van der Waals surface area contributed by atoms with Crippen molar-refractivity contribution in [3.05, 3.63) is 40.9 Å². The van der Waals surface area contributed by atoms with Crippen molar-refractivity contribution in [3.63, 3.8) is 0 Å². The average Bonchev–Trinajstić information content (AvgIpc) is 2.81. The van der Waals surface area contributed by atoms with Crippen LogP contribution in [0.15, 0.2) is 35.3 Å². The number of ether oxygens (including phenoxy) is 1. The molecule has 0 spiro atoms. The lowest BCUT2D eigenvalue weighted by Crippen LogP contribution is -2.02. The number of fused-ring (bicyclic) bond motifs is 1. The van der Waals surface area contributed by atoms with E-state index in [2.05, 4.69) is 31.0 Å². The molecule has 0 saturated carbocycles. The Morgan fingerprint density at radius 1 is 1.33 bits per heavy atom. The van der Waals surface area contributed by atoms with Crippen LogP contribution in [0.1, 0.15) is 10.4 Å². The maximum Gasteiger partial charge on any atom is 0.341 e. The van der Waals surface area contributed by atoms with Crippen molar-refractivity contribution in [2.45, 2.75) is 0 Å². The number of carbonyl (C=O) groups is 1. The molecule has 0 unspecified atom stereocenters. The largest absolute Gasteiger partial charge is 0.477 e. The fourth-order valence-electron chi connectivity index (χ4n) is 1.90. The molecule has 0 amide bonds. The summed E-state index contributed by atoms with van der Waals surface area (Å²) in [7, 11) is 1.72. The normalized spacial score (nSPS) is 10.8. The van der Waals surface area contributed by atoms with Gasteiger partial charge in [0.05, 0.1) is 17.8 Å². The zero-order chi connectivity index (χ0) is 15.0. The highest BCUT2D eigenvalue weighted by Gasteiger charge is 2.19. The van der Waals surface area contributed by atoms with E-state index in [1.54, 1.807) is 24.0 Å². The van der Waals surface area contributed by atoms with E-state index in [-0.39, 0.29) is 11.3 Å². The fraction of sp³-hybridized carbons (Fsp3) is 0.0769. The molecule has 0 aliphatic carbocycles. The van der Waals surface area contributed by atoms with Gasteiger partial charge in [-0.15, -0.1) is 0 Å². The number of hydrogen-bond donors (Lipinski definition) is 1. The molecule has 0 aliphatic rings. The number of carboxylic acid groups (broad SMARTS) is 1. The van der Waals surface area contributed by atoms with E-state index >= 15 is 0 Å². The van der Waals surface area contributed by atoms with Gasteiger partial charge in [0.25, 0.3) is 0 Å². The van der Waals surface area contributed by atoms with Crippen LogP contribution in [0.5, 0.6) is 11.5 Å². The molecule has 106 valence electrons. The third kappa shape index (κ3) is 2.45. The number of halogens is 1. The lowest BCUT2D eigenvalue weighted by Gasteiger charge is -2.09. The molecule has 3 aromatic rings. The first kappa shape index (κ1) is 13.5. The number of hydrogen-bond acceptors (Lipinski definition) is 5. The quantitative estimate of drug-likeness (QED) is 0.782. The lowest BCUT2D eigenvalue weighted by molar-refractivity contribution is 0.0694. The van der Waals surface area contributed by atoms with E-state index in [4.69, 9.17) is 4.74 Å². The van der Waals surface area contributed by atoms with Gasteiger partial charge >= 0.3 is 5.97 Å². The number of carboxylic acids is 1. The van der Waals surface area contributed by atoms with Crippen LogP contribution in [0.3, 0.4) is 0 Å². The van der Waals surface area contributed by atoms with E-state index in [0.717, 1.165) is 4.47 Å². The van der Waals surface area contributed by atoms with Crippen molar-refractivity contribution in [1.82, 2.24) is 19.7 Å². The first-order chi connectivity index (χ1) is 10.1. The molecule has 1 N–H and O–H groups in total. The van der Waals surface area contributed by atoms with Crippen molar-refractivity contribution < 1.29 is 14.6 Å². The van der Waals surface area contributed by atoms with Crippen LogP contribution in [-0.4, -0.2) is 30.8 Å². The third-order valence-electron chi connectivity index (χ3n) is 2.84. The van der Waals surface area contributed by atoms with E-state index in [1.807, 2.05) is 0 Å². The summed E-state index contributed by atoms with van der Waals surface area (Å²) in [5.74, 6) is -0.505. The van der Waals surface area contributed by atoms with E-state index in [1.165, 1.54) is 18.6 Å². The predicted octanol–water partition coefficient (Wildman–Crippen LogP) is 2.62. The summed E-state index contributed by atoms with van der Waals surface area (Å²) < 4.78 is 7.99. The third-order valence-corrected chi connectivity index (χ3v) is 3.28. The van der Waals surface area contributed by atoms with Gasteiger partial charge in [-0.2, -0.15) is 5.10 Å². The Labute approximate surface area is 127 Å². The summed E-state index contributed by atoms with van der Waals surface area (Å²) in [6.45, 7) is 0. The number of pyridine rings is 2. The van der Waals surface area contributed by atoms with Crippen LogP contribution >= 0.6 is 15.9 Å². The number of aryl methyl sites for hydroxylation is 1. The Kier molecular flexibility index (Phi) is 3.30. The van der Waals surface area contributed by atoms with Crippen LogP contribution in [-0.2, 0) is 7.05 Å². The standard InChI is InChI=1S/C13H9BrN4O3/c1-18-12-9(6-17-18)11(10(5-16-12)13(19)20)21-8-2-7(14)3-15-4-8/h2-6H,1H3,(H,19,20). The molecular formula is C13H9BrN4O3. The summed E-state index contributed by atoms with van der Waals surface area (Å²) in [6, 6.07) is 1.70. The average molecular weight is 349 g/mol. The second kappa shape index (κ2) is 5.13. The highest BCUT2D eigenvalue weighted by atomic mass is 79.9. The molecule has 0 radical (unpaired) electrons. The Hall–Kier alpha value is -2.48. The molecule has 0 aromatic carbocycles. The van der Waals surface area contributed by atoms with Crippen LogP contribution < -0.4 is 4.74 Å². The van der Waals surface area contributed by atoms with Gasteiger partial charge in [0.15, 0.2) is 11.4 Å². The predicted molar refractivity (Wildman–Crippen MR) is 77.5 cm³/mol. The fourth-order valence-corrected chi connectivity index (χ4v) is 2.25. The molecule has 0 saturated heterocycles. The SMILES string of the molecule is Cn1ncc2c(Oc3cncc(Br)c3)c(C(=O)O)cnc21. The molecule has 0 atom stereocenters. The molecular weight excluding hydrogens is 340 g/mol. The Morgan fingerprint density at radius 2 is 2.14 bits per heavy atom. The molecule has 3 rings (SSSR count). The minimum absolute atomic E-state index is 0.0320. The minimum atomic E-state index is -1.12. The maximum atomic E-state index is 11.4. The smallest absolute Gasteiger partial charge is 0.341 e. The topological polar surface area (TPSA) is 90.1 Å². The number of aromatic nitrogens is 4. The first-order valence-electron chi connectivity index (χ1n) is 5.88. The molecule has 3 aromatic heterocycles. The van der Waals surface area contributed by atoms with Gasteiger partial charge in [0, 0.05) is 23.9 Å². The zero-order valence-corrected chi connectivity index (χ0v) is 12.4. The zero-order valence-electron chi connectivity index (χ0n) is 10.8. The van der Waals surface area contributed by atoms with Crippen molar-refractivity contribution in [3.8, 4) is 11.5 Å². The van der Waals surface area contributed by atoms with Crippen molar-refractivity contribution in [1.29, 1.82) is 0 Å². The number of aromatic carboxylic acids is 1. The molecule has 8 heteroatoms. The van der Waals surface area contributed by atoms with Gasteiger partial charge in [-0.1, -0.05) is 0 Å². The first-order valence-corrected chi connectivity index (χ1v) is 6.68.